The smallest absolute Gasteiger partial charge is 0.341 e. The number of hydrogen-bond acceptors (Lipinski definition) is 3. The molecule has 1 N–H and O–H groups in total. The molecule has 1 aromatic carbocycles. The zero-order valence-corrected chi connectivity index (χ0v) is 11.0. The summed E-state index contributed by atoms with van der Waals surface area (Å²) in [6.07, 6.45) is 0.793. The standard InChI is InChI=1S/C14H18FNO2/c1-14(2,3)18-13(17)11-6-10-8-16-5-4-9(10)7-12(11)15/h6-7,16H,4-5,8H2,1-3H3. The monoisotopic (exact) mass is 251 g/mol. The minimum absolute atomic E-state index is 0.0207. The first-order valence-electron chi connectivity index (χ1n) is 6.12. The lowest BCUT2D eigenvalue weighted by atomic mass is 9.98. The Morgan fingerprint density at radius 3 is 2.72 bits per heavy atom. The van der Waals surface area contributed by atoms with Gasteiger partial charge in [0.15, 0.2) is 0 Å². The lowest BCUT2D eigenvalue weighted by molar-refractivity contribution is 0.00645. The van der Waals surface area contributed by atoms with Crippen LogP contribution in [0.1, 0.15) is 42.3 Å². The Morgan fingerprint density at radius 1 is 1.33 bits per heavy atom. The van der Waals surface area contributed by atoms with Crippen LogP contribution in [0.25, 0.3) is 0 Å². The van der Waals surface area contributed by atoms with Crippen molar-refractivity contribution in [1.82, 2.24) is 5.32 Å². The average Bonchev–Trinajstić information content (AvgIpc) is 2.25. The number of hydrogen-bond donors (Lipinski definition) is 1. The fourth-order valence-corrected chi connectivity index (χ4v) is 1.99. The van der Waals surface area contributed by atoms with Gasteiger partial charge in [-0.1, -0.05) is 0 Å². The third kappa shape index (κ3) is 2.88. The summed E-state index contributed by atoms with van der Waals surface area (Å²) in [6, 6.07) is 3.06. The Labute approximate surface area is 106 Å². The topological polar surface area (TPSA) is 38.3 Å². The summed E-state index contributed by atoms with van der Waals surface area (Å²) in [5.41, 5.74) is 1.35. The van der Waals surface area contributed by atoms with Crippen molar-refractivity contribution in [3.8, 4) is 0 Å². The molecule has 0 amide bonds. The summed E-state index contributed by atoms with van der Waals surface area (Å²) in [7, 11) is 0. The van der Waals surface area contributed by atoms with E-state index in [1.165, 1.54) is 6.07 Å². The molecule has 1 aromatic rings. The Bertz CT molecular complexity index is 477. The van der Waals surface area contributed by atoms with Crippen LogP contribution in [0.2, 0.25) is 0 Å². The van der Waals surface area contributed by atoms with Gasteiger partial charge in [0.25, 0.3) is 0 Å². The lowest BCUT2D eigenvalue weighted by Gasteiger charge is -2.21. The molecule has 0 saturated carbocycles. The molecule has 1 aliphatic heterocycles. The third-order valence-corrected chi connectivity index (χ3v) is 2.79. The van der Waals surface area contributed by atoms with Crippen LogP contribution in [0.15, 0.2) is 12.1 Å². The van der Waals surface area contributed by atoms with Gasteiger partial charge in [0.2, 0.25) is 0 Å². The second-order valence-electron chi connectivity index (χ2n) is 5.53. The summed E-state index contributed by atoms with van der Waals surface area (Å²) in [5.74, 6) is -1.10. The molecule has 0 aliphatic carbocycles. The van der Waals surface area contributed by atoms with Crippen LogP contribution in [-0.4, -0.2) is 18.1 Å². The highest BCUT2D eigenvalue weighted by Crippen LogP contribution is 2.21. The number of benzene rings is 1. The summed E-state index contributed by atoms with van der Waals surface area (Å²) < 4.78 is 19.1. The van der Waals surface area contributed by atoms with E-state index in [9.17, 15) is 9.18 Å². The van der Waals surface area contributed by atoms with Gasteiger partial charge in [0, 0.05) is 6.54 Å². The second-order valence-corrected chi connectivity index (χ2v) is 5.53. The lowest BCUT2D eigenvalue weighted by Crippen LogP contribution is -2.27. The van der Waals surface area contributed by atoms with Crippen LogP contribution in [0.4, 0.5) is 4.39 Å². The fourth-order valence-electron chi connectivity index (χ4n) is 1.99. The molecule has 18 heavy (non-hydrogen) atoms. The van der Waals surface area contributed by atoms with E-state index in [1.54, 1.807) is 26.8 Å². The van der Waals surface area contributed by atoms with E-state index >= 15 is 0 Å². The van der Waals surface area contributed by atoms with Crippen molar-refractivity contribution in [2.75, 3.05) is 6.54 Å². The van der Waals surface area contributed by atoms with Crippen molar-refractivity contribution in [2.24, 2.45) is 0 Å². The zero-order valence-electron chi connectivity index (χ0n) is 11.0. The van der Waals surface area contributed by atoms with Crippen molar-refractivity contribution in [1.29, 1.82) is 0 Å². The number of esters is 1. The first-order valence-corrected chi connectivity index (χ1v) is 6.12. The van der Waals surface area contributed by atoms with E-state index in [0.29, 0.717) is 6.54 Å². The number of nitrogens with one attached hydrogen (secondary N) is 1. The highest BCUT2D eigenvalue weighted by molar-refractivity contribution is 5.90. The summed E-state index contributed by atoms with van der Waals surface area (Å²) in [6.45, 7) is 6.82. The van der Waals surface area contributed by atoms with Crippen molar-refractivity contribution in [3.63, 3.8) is 0 Å². The zero-order chi connectivity index (χ0) is 13.3. The predicted octanol–water partition coefficient (Wildman–Crippen LogP) is 2.43. The van der Waals surface area contributed by atoms with Crippen LogP contribution in [-0.2, 0) is 17.7 Å². The minimum atomic E-state index is -0.613. The van der Waals surface area contributed by atoms with E-state index in [4.69, 9.17) is 4.74 Å². The van der Waals surface area contributed by atoms with E-state index in [-0.39, 0.29) is 5.56 Å². The normalized spacial score (nSPS) is 15.1. The maximum absolute atomic E-state index is 13.9. The highest BCUT2D eigenvalue weighted by Gasteiger charge is 2.22. The molecule has 0 bridgehead atoms. The van der Waals surface area contributed by atoms with Gasteiger partial charge in [-0.25, -0.2) is 9.18 Å². The fraction of sp³-hybridized carbons (Fsp3) is 0.500. The SMILES string of the molecule is CC(C)(C)OC(=O)c1cc2c(cc1F)CCNC2. The van der Waals surface area contributed by atoms with Crippen LogP contribution < -0.4 is 5.32 Å². The van der Waals surface area contributed by atoms with Crippen LogP contribution in [0, 0.1) is 5.82 Å². The maximum Gasteiger partial charge on any atom is 0.341 e. The van der Waals surface area contributed by atoms with Crippen molar-refractivity contribution < 1.29 is 13.9 Å². The highest BCUT2D eigenvalue weighted by atomic mass is 19.1. The van der Waals surface area contributed by atoms with E-state index in [0.717, 1.165) is 24.1 Å². The molecule has 0 radical (unpaired) electrons. The number of rotatable bonds is 1. The molecule has 4 heteroatoms. The van der Waals surface area contributed by atoms with E-state index in [2.05, 4.69) is 5.32 Å². The molecule has 3 nitrogen and oxygen atoms in total. The number of ether oxygens (including phenoxy) is 1. The summed E-state index contributed by atoms with van der Waals surface area (Å²) >= 11 is 0. The Balaban J connectivity index is 2.31. The molecule has 98 valence electrons. The number of carbonyl (C=O) groups is 1. The van der Waals surface area contributed by atoms with Crippen molar-refractivity contribution >= 4 is 5.97 Å². The second kappa shape index (κ2) is 4.69. The van der Waals surface area contributed by atoms with Crippen LogP contribution in [0.5, 0.6) is 0 Å². The van der Waals surface area contributed by atoms with Gasteiger partial charge < -0.3 is 10.1 Å². The molecule has 0 atom stereocenters. The first-order chi connectivity index (χ1) is 8.37. The number of carbonyl (C=O) groups excluding carboxylic acids is 1. The Kier molecular flexibility index (Phi) is 3.39. The molecule has 0 unspecified atom stereocenters. The molecule has 0 spiro atoms. The number of halogens is 1. The first kappa shape index (κ1) is 13.0. The predicted molar refractivity (Wildman–Crippen MR) is 67.0 cm³/mol. The van der Waals surface area contributed by atoms with Gasteiger partial charge in [-0.05, 0) is 57.0 Å². The molecule has 0 fully saturated rings. The third-order valence-electron chi connectivity index (χ3n) is 2.79. The van der Waals surface area contributed by atoms with Gasteiger partial charge in [-0.15, -0.1) is 0 Å². The van der Waals surface area contributed by atoms with Gasteiger partial charge in [0.1, 0.15) is 11.4 Å². The molecule has 1 aliphatic rings. The summed E-state index contributed by atoms with van der Waals surface area (Å²) in [5, 5.41) is 3.20. The molecule has 0 aromatic heterocycles. The largest absolute Gasteiger partial charge is 0.456 e. The quantitative estimate of drug-likeness (QED) is 0.779. The average molecular weight is 251 g/mol. The molecule has 2 rings (SSSR count). The molecular formula is C14H18FNO2. The van der Waals surface area contributed by atoms with Gasteiger partial charge in [-0.3, -0.25) is 0 Å². The van der Waals surface area contributed by atoms with Crippen molar-refractivity contribution in [2.45, 2.75) is 39.3 Å². The van der Waals surface area contributed by atoms with Crippen molar-refractivity contribution in [3.05, 3.63) is 34.6 Å². The Morgan fingerprint density at radius 2 is 2.06 bits per heavy atom. The minimum Gasteiger partial charge on any atom is -0.456 e. The molecule has 0 saturated heterocycles. The summed E-state index contributed by atoms with van der Waals surface area (Å²) in [4.78, 5) is 11.9. The van der Waals surface area contributed by atoms with Gasteiger partial charge >= 0.3 is 5.97 Å². The van der Waals surface area contributed by atoms with Crippen LogP contribution >= 0.6 is 0 Å². The van der Waals surface area contributed by atoms with E-state index in [1.807, 2.05) is 0 Å². The van der Waals surface area contributed by atoms with Crippen LogP contribution in [0.3, 0.4) is 0 Å². The number of fused-ring (bicyclic) bond motifs is 1. The molecular weight excluding hydrogens is 233 g/mol. The van der Waals surface area contributed by atoms with Gasteiger partial charge in [0.05, 0.1) is 5.56 Å². The molecule has 1 heterocycles. The van der Waals surface area contributed by atoms with Gasteiger partial charge in [-0.2, -0.15) is 0 Å². The van der Waals surface area contributed by atoms with E-state index < -0.39 is 17.4 Å². The maximum atomic E-state index is 13.9. The Hall–Kier alpha value is -1.42.